The van der Waals surface area contributed by atoms with Crippen LogP contribution in [0.2, 0.25) is 0 Å². The minimum absolute atomic E-state index is 0.0264. The molecule has 2 rings (SSSR count). The van der Waals surface area contributed by atoms with Crippen molar-refractivity contribution in [2.45, 2.75) is 33.1 Å². The lowest BCUT2D eigenvalue weighted by Crippen LogP contribution is -2.20. The topological polar surface area (TPSA) is 47.6 Å². The van der Waals surface area contributed by atoms with Crippen molar-refractivity contribution in [3.63, 3.8) is 0 Å². The fourth-order valence-electron chi connectivity index (χ4n) is 2.42. The molecule has 4 heteroatoms. The van der Waals surface area contributed by atoms with Gasteiger partial charge in [0.2, 0.25) is 0 Å². The summed E-state index contributed by atoms with van der Waals surface area (Å²) in [5.74, 6) is 1.70. The van der Waals surface area contributed by atoms with Crippen LogP contribution >= 0.6 is 0 Å². The van der Waals surface area contributed by atoms with Crippen LogP contribution in [0, 0.1) is 0 Å². The van der Waals surface area contributed by atoms with E-state index >= 15 is 0 Å². The summed E-state index contributed by atoms with van der Waals surface area (Å²) in [6.07, 6.45) is 1.02. The Balaban J connectivity index is 1.88. The molecule has 4 nitrogen and oxygen atoms in total. The van der Waals surface area contributed by atoms with Crippen LogP contribution in [-0.2, 0) is 4.79 Å². The van der Waals surface area contributed by atoms with E-state index in [0.717, 1.165) is 29.1 Å². The van der Waals surface area contributed by atoms with Crippen LogP contribution in [0.15, 0.2) is 60.7 Å². The first kappa shape index (κ1) is 19.6. The molecule has 2 aromatic carbocycles. The molecule has 138 valence electrons. The molecule has 0 aliphatic rings. The van der Waals surface area contributed by atoms with Crippen molar-refractivity contribution in [1.29, 1.82) is 0 Å². The summed E-state index contributed by atoms with van der Waals surface area (Å²) < 4.78 is 11.3. The molecule has 0 aromatic heterocycles. The minimum Gasteiger partial charge on any atom is -0.489 e. The van der Waals surface area contributed by atoms with Crippen LogP contribution < -0.4 is 14.8 Å². The van der Waals surface area contributed by atoms with Crippen LogP contribution in [0.4, 0.5) is 5.69 Å². The SMILES string of the molecule is C=C(C)COc1ccc(NC(=O)COc2ccccc2C(C)CC)cc1. The van der Waals surface area contributed by atoms with Gasteiger partial charge in [0.25, 0.3) is 5.91 Å². The van der Waals surface area contributed by atoms with Gasteiger partial charge in [0.1, 0.15) is 18.1 Å². The van der Waals surface area contributed by atoms with E-state index in [-0.39, 0.29) is 12.5 Å². The molecular formula is C22H27NO3. The van der Waals surface area contributed by atoms with Gasteiger partial charge >= 0.3 is 0 Å². The molecule has 1 amide bonds. The normalized spacial score (nSPS) is 11.5. The number of ether oxygens (including phenoxy) is 2. The van der Waals surface area contributed by atoms with Crippen molar-refractivity contribution in [1.82, 2.24) is 0 Å². The van der Waals surface area contributed by atoms with E-state index in [1.807, 2.05) is 43.3 Å². The van der Waals surface area contributed by atoms with Crippen LogP contribution in [0.25, 0.3) is 0 Å². The molecule has 0 radical (unpaired) electrons. The Hall–Kier alpha value is -2.75. The van der Waals surface area contributed by atoms with Crippen LogP contribution in [-0.4, -0.2) is 19.1 Å². The fourth-order valence-corrected chi connectivity index (χ4v) is 2.42. The molecule has 0 aliphatic carbocycles. The zero-order valence-corrected chi connectivity index (χ0v) is 15.7. The second-order valence-electron chi connectivity index (χ2n) is 6.45. The first-order valence-corrected chi connectivity index (χ1v) is 8.88. The van der Waals surface area contributed by atoms with Gasteiger partial charge in [-0.25, -0.2) is 0 Å². The van der Waals surface area contributed by atoms with E-state index in [1.165, 1.54) is 0 Å². The van der Waals surface area contributed by atoms with Crippen molar-refractivity contribution in [3.05, 3.63) is 66.2 Å². The summed E-state index contributed by atoms with van der Waals surface area (Å²) in [5, 5.41) is 2.83. The zero-order chi connectivity index (χ0) is 18.9. The van der Waals surface area contributed by atoms with Crippen molar-refractivity contribution < 1.29 is 14.3 Å². The van der Waals surface area contributed by atoms with Crippen LogP contribution in [0.3, 0.4) is 0 Å². The van der Waals surface area contributed by atoms with Gasteiger partial charge in [-0.2, -0.15) is 0 Å². The Bertz CT molecular complexity index is 737. The third-order valence-electron chi connectivity index (χ3n) is 4.04. The monoisotopic (exact) mass is 353 g/mol. The summed E-state index contributed by atoms with van der Waals surface area (Å²) in [6.45, 7) is 10.5. The molecule has 0 spiro atoms. The Labute approximate surface area is 155 Å². The minimum atomic E-state index is -0.195. The molecule has 1 atom stereocenters. The van der Waals surface area contributed by atoms with Crippen molar-refractivity contribution in [2.75, 3.05) is 18.5 Å². The Morgan fingerprint density at radius 1 is 1.08 bits per heavy atom. The maximum Gasteiger partial charge on any atom is 0.262 e. The molecule has 0 saturated carbocycles. The second kappa shape index (κ2) is 9.66. The predicted molar refractivity (Wildman–Crippen MR) is 106 cm³/mol. The summed E-state index contributed by atoms with van der Waals surface area (Å²) >= 11 is 0. The molecule has 0 saturated heterocycles. The number of hydrogen-bond acceptors (Lipinski definition) is 3. The number of amides is 1. The maximum atomic E-state index is 12.2. The zero-order valence-electron chi connectivity index (χ0n) is 15.7. The number of rotatable bonds is 9. The van der Waals surface area contributed by atoms with Gasteiger partial charge in [0, 0.05) is 5.69 Å². The average molecular weight is 353 g/mol. The molecule has 0 fully saturated rings. The van der Waals surface area contributed by atoms with Crippen molar-refractivity contribution in [2.24, 2.45) is 0 Å². The third-order valence-corrected chi connectivity index (χ3v) is 4.04. The second-order valence-corrected chi connectivity index (χ2v) is 6.45. The van der Waals surface area contributed by atoms with E-state index in [1.54, 1.807) is 12.1 Å². The van der Waals surface area contributed by atoms with E-state index in [0.29, 0.717) is 18.2 Å². The van der Waals surface area contributed by atoms with Gasteiger partial charge in [-0.05, 0) is 60.7 Å². The van der Waals surface area contributed by atoms with Gasteiger partial charge in [-0.15, -0.1) is 0 Å². The largest absolute Gasteiger partial charge is 0.489 e. The maximum absolute atomic E-state index is 12.2. The highest BCUT2D eigenvalue weighted by Crippen LogP contribution is 2.28. The number of hydrogen-bond donors (Lipinski definition) is 1. The number of para-hydroxylation sites is 1. The predicted octanol–water partition coefficient (Wildman–Crippen LogP) is 5.17. The number of nitrogens with one attached hydrogen (secondary N) is 1. The third kappa shape index (κ3) is 5.96. The molecule has 0 bridgehead atoms. The number of benzene rings is 2. The van der Waals surface area contributed by atoms with E-state index < -0.39 is 0 Å². The van der Waals surface area contributed by atoms with E-state index in [4.69, 9.17) is 9.47 Å². The van der Waals surface area contributed by atoms with Crippen molar-refractivity contribution >= 4 is 11.6 Å². The van der Waals surface area contributed by atoms with Crippen LogP contribution in [0.5, 0.6) is 11.5 Å². The first-order chi connectivity index (χ1) is 12.5. The van der Waals surface area contributed by atoms with Gasteiger partial charge in [-0.3, -0.25) is 4.79 Å². The van der Waals surface area contributed by atoms with Gasteiger partial charge < -0.3 is 14.8 Å². The lowest BCUT2D eigenvalue weighted by Gasteiger charge is -2.15. The van der Waals surface area contributed by atoms with Gasteiger partial charge in [0.05, 0.1) is 0 Å². The average Bonchev–Trinajstić information content (AvgIpc) is 2.65. The lowest BCUT2D eigenvalue weighted by molar-refractivity contribution is -0.118. The van der Waals surface area contributed by atoms with Gasteiger partial charge in [0.15, 0.2) is 6.61 Å². The smallest absolute Gasteiger partial charge is 0.262 e. The molecule has 1 N–H and O–H groups in total. The molecule has 1 unspecified atom stereocenters. The van der Waals surface area contributed by atoms with Crippen molar-refractivity contribution in [3.8, 4) is 11.5 Å². The first-order valence-electron chi connectivity index (χ1n) is 8.88. The highest BCUT2D eigenvalue weighted by molar-refractivity contribution is 5.91. The quantitative estimate of drug-likeness (QED) is 0.633. The Morgan fingerprint density at radius 2 is 1.77 bits per heavy atom. The summed E-state index contributed by atoms with van der Waals surface area (Å²) in [6, 6.07) is 15.1. The molecule has 2 aromatic rings. The molecule has 0 heterocycles. The number of carbonyl (C=O) groups excluding carboxylic acids is 1. The van der Waals surface area contributed by atoms with E-state index in [2.05, 4.69) is 25.7 Å². The van der Waals surface area contributed by atoms with Gasteiger partial charge in [-0.1, -0.05) is 38.6 Å². The van der Waals surface area contributed by atoms with Crippen LogP contribution in [0.1, 0.15) is 38.7 Å². The fraction of sp³-hybridized carbons (Fsp3) is 0.318. The molecule has 0 aliphatic heterocycles. The summed E-state index contributed by atoms with van der Waals surface area (Å²) in [4.78, 5) is 12.2. The highest BCUT2D eigenvalue weighted by Gasteiger charge is 2.11. The lowest BCUT2D eigenvalue weighted by atomic mass is 9.98. The summed E-state index contributed by atoms with van der Waals surface area (Å²) in [5.41, 5.74) is 2.79. The Morgan fingerprint density at radius 3 is 2.42 bits per heavy atom. The standard InChI is InChI=1S/C22H27NO3/c1-5-17(4)20-8-6-7-9-21(20)26-15-22(24)23-18-10-12-19(13-11-18)25-14-16(2)3/h6-13,17H,2,5,14-15H2,1,3-4H3,(H,23,24). The number of anilines is 1. The molecular weight excluding hydrogens is 326 g/mol. The summed E-state index contributed by atoms with van der Waals surface area (Å²) in [7, 11) is 0. The highest BCUT2D eigenvalue weighted by atomic mass is 16.5. The molecule has 26 heavy (non-hydrogen) atoms. The van der Waals surface area contributed by atoms with E-state index in [9.17, 15) is 4.79 Å². The Kier molecular flexibility index (Phi) is 7.27. The number of carbonyl (C=O) groups is 1.